The number of hydrogen-bond donors (Lipinski definition) is 2. The van der Waals surface area contributed by atoms with Gasteiger partial charge in [-0.15, -0.1) is 0 Å². The van der Waals surface area contributed by atoms with E-state index in [1.165, 1.54) is 25.1 Å². The van der Waals surface area contributed by atoms with Gasteiger partial charge in [-0.25, -0.2) is 4.79 Å². The minimum atomic E-state index is -1.09. The molecule has 1 aliphatic heterocycles. The molecule has 1 fully saturated rings. The number of rotatable bonds is 5. The van der Waals surface area contributed by atoms with Crippen LogP contribution in [-0.4, -0.2) is 45.4 Å². The highest BCUT2D eigenvalue weighted by molar-refractivity contribution is 8.13. The summed E-state index contributed by atoms with van der Waals surface area (Å²) in [4.78, 5) is 22.6. The van der Waals surface area contributed by atoms with E-state index in [4.69, 9.17) is 14.4 Å². The van der Waals surface area contributed by atoms with E-state index in [1.54, 1.807) is 6.08 Å². The molecule has 0 unspecified atom stereocenters. The molecule has 0 saturated carbocycles. The number of carbonyl (C=O) groups excluding carboxylic acids is 1. The first-order chi connectivity index (χ1) is 11.9. The molecule has 26 heavy (non-hydrogen) atoms. The van der Waals surface area contributed by atoms with E-state index >= 15 is 0 Å². The van der Waals surface area contributed by atoms with Gasteiger partial charge >= 0.3 is 13.1 Å². The average Bonchev–Trinajstić information content (AvgIpc) is 2.72. The molecule has 2 N–H and O–H groups in total. The Morgan fingerprint density at radius 2 is 1.77 bits per heavy atom. The molecule has 1 saturated heterocycles. The number of hydrogen-bond acceptors (Lipinski definition) is 6. The molecule has 0 bridgehead atoms. The highest BCUT2D eigenvalue weighted by Gasteiger charge is 2.52. The predicted molar refractivity (Wildman–Crippen MR) is 102 cm³/mol. The summed E-state index contributed by atoms with van der Waals surface area (Å²) in [6, 6.07) is 4.03. The summed E-state index contributed by atoms with van der Waals surface area (Å²) in [5.41, 5.74) is -0.0763. The van der Waals surface area contributed by atoms with E-state index in [-0.39, 0.29) is 16.4 Å². The van der Waals surface area contributed by atoms with Gasteiger partial charge in [0.25, 0.3) is 0 Å². The van der Waals surface area contributed by atoms with Crippen molar-refractivity contribution in [1.29, 1.82) is 0 Å². The molecule has 1 aromatic carbocycles. The zero-order valence-electron chi connectivity index (χ0n) is 15.5. The monoisotopic (exact) mass is 378 g/mol. The Hall–Kier alpha value is -1.77. The molecule has 140 valence electrons. The van der Waals surface area contributed by atoms with E-state index < -0.39 is 24.3 Å². The van der Waals surface area contributed by atoms with Gasteiger partial charge in [0.2, 0.25) is 0 Å². The van der Waals surface area contributed by atoms with Crippen molar-refractivity contribution in [2.45, 2.75) is 45.8 Å². The van der Waals surface area contributed by atoms with Gasteiger partial charge in [-0.05, 0) is 51.4 Å². The summed E-state index contributed by atoms with van der Waals surface area (Å²) in [7, 11) is -0.695. The molecular weight excluding hydrogens is 355 g/mol. The fourth-order valence-corrected chi connectivity index (χ4v) is 2.95. The van der Waals surface area contributed by atoms with Crippen molar-refractivity contribution in [3.05, 3.63) is 34.8 Å². The van der Waals surface area contributed by atoms with E-state index in [9.17, 15) is 14.7 Å². The second-order valence-electron chi connectivity index (χ2n) is 7.17. The number of carboxylic acids is 1. The van der Waals surface area contributed by atoms with Crippen LogP contribution in [0.2, 0.25) is 0 Å². The molecule has 1 aromatic rings. The van der Waals surface area contributed by atoms with Crippen molar-refractivity contribution in [1.82, 2.24) is 0 Å². The van der Waals surface area contributed by atoms with Crippen molar-refractivity contribution < 1.29 is 29.1 Å². The number of phenolic OH excluding ortho intramolecular Hbond substituents is 1. The minimum Gasteiger partial charge on any atom is -0.507 e. The van der Waals surface area contributed by atoms with Gasteiger partial charge in [0, 0.05) is 18.2 Å². The van der Waals surface area contributed by atoms with Crippen LogP contribution in [0.4, 0.5) is 0 Å². The number of carboxylic acid groups (broad SMARTS) is 1. The van der Waals surface area contributed by atoms with E-state index in [2.05, 4.69) is 0 Å². The third kappa shape index (κ3) is 4.49. The summed E-state index contributed by atoms with van der Waals surface area (Å²) < 4.78 is 12.1. The van der Waals surface area contributed by atoms with Crippen molar-refractivity contribution in [3.63, 3.8) is 0 Å². The van der Waals surface area contributed by atoms with Crippen LogP contribution in [0.15, 0.2) is 23.7 Å². The van der Waals surface area contributed by atoms with Crippen LogP contribution >= 0.6 is 11.8 Å². The van der Waals surface area contributed by atoms with Gasteiger partial charge < -0.3 is 19.5 Å². The summed E-state index contributed by atoms with van der Waals surface area (Å²) in [5.74, 6) is -0.838. The Labute approximate surface area is 157 Å². The Kier molecular flexibility index (Phi) is 5.90. The highest BCUT2D eigenvalue weighted by Crippen LogP contribution is 2.39. The zero-order valence-corrected chi connectivity index (χ0v) is 16.3. The van der Waals surface area contributed by atoms with Gasteiger partial charge in [0.15, 0.2) is 5.12 Å². The van der Waals surface area contributed by atoms with Crippen LogP contribution in [-0.2, 0) is 14.1 Å². The number of aromatic hydroxyl groups is 1. The Balaban J connectivity index is 2.42. The number of benzene rings is 1. The number of carbonyl (C=O) groups is 2. The Morgan fingerprint density at radius 3 is 2.27 bits per heavy atom. The van der Waals surface area contributed by atoms with Gasteiger partial charge in [0.05, 0.1) is 16.8 Å². The molecule has 0 atom stereocenters. The molecule has 0 amide bonds. The van der Waals surface area contributed by atoms with E-state index in [0.717, 1.165) is 11.8 Å². The van der Waals surface area contributed by atoms with Crippen LogP contribution in [0.1, 0.15) is 50.5 Å². The summed E-state index contributed by atoms with van der Waals surface area (Å²) in [6.45, 7) is 9.15. The summed E-state index contributed by atoms with van der Waals surface area (Å²) >= 11 is 1.10. The molecule has 1 aliphatic rings. The topological polar surface area (TPSA) is 93.1 Å². The minimum absolute atomic E-state index is 0.0570. The lowest BCUT2D eigenvalue weighted by Crippen LogP contribution is -2.41. The first-order valence-electron chi connectivity index (χ1n) is 8.19. The van der Waals surface area contributed by atoms with E-state index in [1.807, 2.05) is 27.7 Å². The van der Waals surface area contributed by atoms with Gasteiger partial charge in [-0.3, -0.25) is 4.79 Å². The van der Waals surface area contributed by atoms with Gasteiger partial charge in [-0.1, -0.05) is 17.8 Å². The molecule has 0 aromatic heterocycles. The van der Waals surface area contributed by atoms with Gasteiger partial charge in [-0.2, -0.15) is 0 Å². The van der Waals surface area contributed by atoms with E-state index in [0.29, 0.717) is 16.8 Å². The Bertz CT molecular complexity index is 740. The van der Waals surface area contributed by atoms with Crippen LogP contribution < -0.4 is 0 Å². The molecule has 0 aliphatic carbocycles. The first-order valence-corrected chi connectivity index (χ1v) is 9.17. The van der Waals surface area contributed by atoms with Crippen LogP contribution in [0, 0.1) is 0 Å². The lowest BCUT2D eigenvalue weighted by Gasteiger charge is -2.32. The maximum absolute atomic E-state index is 11.4. The maximum atomic E-state index is 11.4. The number of thioether (sulfide) groups is 1. The largest absolute Gasteiger partial charge is 0.507 e. The van der Waals surface area contributed by atoms with Crippen LogP contribution in [0.25, 0.3) is 6.08 Å². The quantitative estimate of drug-likeness (QED) is 0.759. The first kappa shape index (κ1) is 20.5. The molecule has 0 radical (unpaired) electrons. The molecular formula is C18H23BO6S. The molecule has 8 heteroatoms. The van der Waals surface area contributed by atoms with Crippen molar-refractivity contribution in [3.8, 4) is 5.75 Å². The summed E-state index contributed by atoms with van der Waals surface area (Å²) in [6.07, 6.45) is 1.62. The predicted octanol–water partition coefficient (Wildman–Crippen LogP) is 3.38. The van der Waals surface area contributed by atoms with Crippen LogP contribution in [0.3, 0.4) is 0 Å². The molecule has 2 rings (SSSR count). The lowest BCUT2D eigenvalue weighted by atomic mass is 9.78. The molecule has 6 nitrogen and oxygen atoms in total. The third-order valence-electron chi connectivity index (χ3n) is 4.61. The molecule has 0 spiro atoms. The Morgan fingerprint density at radius 1 is 1.19 bits per heavy atom. The second-order valence-corrected chi connectivity index (χ2v) is 8.32. The van der Waals surface area contributed by atoms with Crippen molar-refractivity contribution >= 4 is 36.0 Å². The summed E-state index contributed by atoms with van der Waals surface area (Å²) in [5, 5.41) is 19.2. The SMILES string of the molecule is CC(=O)SCC(=Cc1cc(C(=O)O)ccc1O)B1OC(C)(C)C(C)(C)O1. The van der Waals surface area contributed by atoms with Crippen molar-refractivity contribution in [2.24, 2.45) is 0 Å². The highest BCUT2D eigenvalue weighted by atomic mass is 32.2. The zero-order chi connectivity index (χ0) is 19.7. The van der Waals surface area contributed by atoms with Gasteiger partial charge in [0.1, 0.15) is 5.75 Å². The lowest BCUT2D eigenvalue weighted by molar-refractivity contribution is -0.109. The standard InChI is InChI=1S/C18H23BO6S/c1-11(20)26-10-14(19-24-17(2,3)18(4,5)25-19)9-13-8-12(16(22)23)6-7-15(13)21/h6-9,21H,10H2,1-5H3,(H,22,23). The fraction of sp³-hybridized carbons (Fsp3) is 0.444. The normalized spacial score (nSPS) is 18.8. The fourth-order valence-electron chi connectivity index (χ4n) is 2.36. The average molecular weight is 378 g/mol. The third-order valence-corrected chi connectivity index (χ3v) is 5.50. The second kappa shape index (κ2) is 7.46. The smallest absolute Gasteiger partial charge is 0.491 e. The van der Waals surface area contributed by atoms with Crippen LogP contribution in [0.5, 0.6) is 5.75 Å². The van der Waals surface area contributed by atoms with Crippen molar-refractivity contribution in [2.75, 3.05) is 5.75 Å². The number of phenols is 1. The maximum Gasteiger partial charge on any atom is 0.491 e. The molecule has 1 heterocycles. The number of aromatic carboxylic acids is 1.